The number of rotatable bonds is 8. The van der Waals surface area contributed by atoms with E-state index in [4.69, 9.17) is 22.1 Å². The number of unbranched alkanes of at least 4 members (excludes halogenated alkanes) is 1. The number of hydrogen-bond donors (Lipinski definition) is 2. The zero-order chi connectivity index (χ0) is 21.8. The van der Waals surface area contributed by atoms with Crippen molar-refractivity contribution in [1.82, 2.24) is 19.8 Å². The Labute approximate surface area is 187 Å². The van der Waals surface area contributed by atoms with Crippen LogP contribution in [0.1, 0.15) is 49.4 Å². The Morgan fingerprint density at radius 2 is 2.03 bits per heavy atom. The number of fused-ring (bicyclic) bond motifs is 1. The summed E-state index contributed by atoms with van der Waals surface area (Å²) >= 11 is 6.55. The van der Waals surface area contributed by atoms with Crippen molar-refractivity contribution >= 4 is 29.1 Å². The largest absolute Gasteiger partial charge is 0.463 e. The second-order valence-corrected chi connectivity index (χ2v) is 8.52. The molecule has 1 saturated heterocycles. The zero-order valence-electron chi connectivity index (χ0n) is 17.9. The van der Waals surface area contributed by atoms with E-state index in [2.05, 4.69) is 33.2 Å². The number of aromatic nitrogens is 2. The van der Waals surface area contributed by atoms with Crippen LogP contribution in [0.5, 0.6) is 6.01 Å². The van der Waals surface area contributed by atoms with E-state index in [-0.39, 0.29) is 17.9 Å². The second-order valence-electron chi connectivity index (χ2n) is 8.11. The molecule has 2 amide bonds. The number of ether oxygens (including phenoxy) is 1. The summed E-state index contributed by atoms with van der Waals surface area (Å²) in [7, 11) is 0. The number of likely N-dealkylation sites (tertiary alicyclic amines) is 1. The fraction of sp³-hybridized carbons (Fsp3) is 0.500. The third-order valence-corrected chi connectivity index (χ3v) is 6.02. The zero-order valence-corrected chi connectivity index (χ0v) is 18.6. The highest BCUT2D eigenvalue weighted by atomic mass is 35.5. The number of carbonyl (C=O) groups is 1. The lowest BCUT2D eigenvalue weighted by molar-refractivity contribution is 0.202. The van der Waals surface area contributed by atoms with Gasteiger partial charge in [-0.1, -0.05) is 37.1 Å². The molecule has 3 N–H and O–H groups in total. The molecule has 1 aromatic carbocycles. The molecular weight excluding hydrogens is 416 g/mol. The third-order valence-electron chi connectivity index (χ3n) is 5.66. The Balaban J connectivity index is 1.45. The van der Waals surface area contributed by atoms with Crippen LogP contribution < -0.4 is 15.8 Å². The van der Waals surface area contributed by atoms with Crippen LogP contribution in [0, 0.1) is 0 Å². The van der Waals surface area contributed by atoms with Gasteiger partial charge >= 0.3 is 12.0 Å². The van der Waals surface area contributed by atoms with E-state index in [1.165, 1.54) is 12.8 Å². The Kier molecular flexibility index (Phi) is 6.77. The fourth-order valence-electron chi connectivity index (χ4n) is 3.91. The van der Waals surface area contributed by atoms with Gasteiger partial charge in [0.1, 0.15) is 5.69 Å². The minimum absolute atomic E-state index is 0.221. The van der Waals surface area contributed by atoms with Gasteiger partial charge in [-0.05, 0) is 49.5 Å². The van der Waals surface area contributed by atoms with Gasteiger partial charge in [-0.15, -0.1) is 0 Å². The molecule has 0 saturated carbocycles. The van der Waals surface area contributed by atoms with Gasteiger partial charge in [0.2, 0.25) is 0 Å². The molecule has 0 spiro atoms. The molecule has 3 heterocycles. The molecule has 2 aromatic rings. The smallest absolute Gasteiger partial charge is 0.322 e. The molecule has 0 radical (unpaired) electrons. The van der Waals surface area contributed by atoms with E-state index < -0.39 is 0 Å². The van der Waals surface area contributed by atoms with E-state index in [9.17, 15) is 4.79 Å². The SMILES string of the molecule is CCCCOc1nc(N)c2c(n1)CN(Cc1ccc(CN3CCCC3)c(Cl)c1)C(=O)N2. The summed E-state index contributed by atoms with van der Waals surface area (Å²) in [6.45, 7) is 6.49. The topological polar surface area (TPSA) is 96.6 Å². The van der Waals surface area contributed by atoms with Crippen LogP contribution in [-0.2, 0) is 19.6 Å². The molecule has 1 fully saturated rings. The highest BCUT2D eigenvalue weighted by Gasteiger charge is 2.27. The molecule has 31 heavy (non-hydrogen) atoms. The number of benzene rings is 1. The Hall–Kier alpha value is -2.58. The van der Waals surface area contributed by atoms with Gasteiger partial charge in [0.05, 0.1) is 18.8 Å². The lowest BCUT2D eigenvalue weighted by Gasteiger charge is -2.29. The molecular formula is C22H29ClN6O2. The number of amides is 2. The second kappa shape index (κ2) is 9.70. The van der Waals surface area contributed by atoms with Crippen molar-refractivity contribution < 1.29 is 9.53 Å². The summed E-state index contributed by atoms with van der Waals surface area (Å²) in [4.78, 5) is 25.3. The van der Waals surface area contributed by atoms with Gasteiger partial charge in [0.15, 0.2) is 5.82 Å². The van der Waals surface area contributed by atoms with Crippen LogP contribution in [0.3, 0.4) is 0 Å². The molecule has 0 unspecified atom stereocenters. The number of nitrogens with zero attached hydrogens (tertiary/aromatic N) is 4. The van der Waals surface area contributed by atoms with Crippen molar-refractivity contribution in [2.75, 3.05) is 30.7 Å². The molecule has 9 heteroatoms. The summed E-state index contributed by atoms with van der Waals surface area (Å²) in [5, 5.41) is 3.55. The van der Waals surface area contributed by atoms with Gasteiger partial charge in [-0.3, -0.25) is 4.90 Å². The Bertz CT molecular complexity index is 948. The number of nitrogens with one attached hydrogen (secondary N) is 1. The van der Waals surface area contributed by atoms with Crippen molar-refractivity contribution in [2.24, 2.45) is 0 Å². The quantitative estimate of drug-likeness (QED) is 0.596. The minimum atomic E-state index is -0.236. The molecule has 0 atom stereocenters. The normalized spacial score (nSPS) is 16.3. The van der Waals surface area contributed by atoms with Crippen LogP contribution in [0.4, 0.5) is 16.3 Å². The molecule has 0 aliphatic carbocycles. The van der Waals surface area contributed by atoms with E-state index >= 15 is 0 Å². The summed E-state index contributed by atoms with van der Waals surface area (Å²) < 4.78 is 5.60. The first-order valence-corrected chi connectivity index (χ1v) is 11.3. The maximum Gasteiger partial charge on any atom is 0.322 e. The van der Waals surface area contributed by atoms with Gasteiger partial charge in [0.25, 0.3) is 0 Å². The van der Waals surface area contributed by atoms with Crippen LogP contribution in [-0.4, -0.2) is 45.5 Å². The molecule has 4 rings (SSSR count). The molecule has 8 nitrogen and oxygen atoms in total. The highest BCUT2D eigenvalue weighted by molar-refractivity contribution is 6.31. The number of hydrogen-bond acceptors (Lipinski definition) is 6. The lowest BCUT2D eigenvalue weighted by Crippen LogP contribution is -2.39. The summed E-state index contributed by atoms with van der Waals surface area (Å²) in [6.07, 6.45) is 4.43. The number of nitrogens with two attached hydrogens (primary N) is 1. The molecule has 0 bridgehead atoms. The van der Waals surface area contributed by atoms with Gasteiger partial charge in [-0.2, -0.15) is 9.97 Å². The maximum absolute atomic E-state index is 12.6. The monoisotopic (exact) mass is 444 g/mol. The van der Waals surface area contributed by atoms with Crippen molar-refractivity contribution in [1.29, 1.82) is 0 Å². The summed E-state index contributed by atoms with van der Waals surface area (Å²) in [5.41, 5.74) is 9.22. The molecule has 1 aromatic heterocycles. The first kappa shape index (κ1) is 21.6. The Morgan fingerprint density at radius 1 is 1.23 bits per heavy atom. The maximum atomic E-state index is 12.6. The van der Waals surface area contributed by atoms with E-state index in [1.54, 1.807) is 4.90 Å². The summed E-state index contributed by atoms with van der Waals surface area (Å²) in [6, 6.07) is 6.05. The van der Waals surface area contributed by atoms with E-state index in [0.29, 0.717) is 31.1 Å². The number of nitrogen functional groups attached to an aromatic ring is 1. The first-order chi connectivity index (χ1) is 15.0. The Morgan fingerprint density at radius 3 is 2.77 bits per heavy atom. The third kappa shape index (κ3) is 5.19. The van der Waals surface area contributed by atoms with Crippen molar-refractivity contribution in [2.45, 2.75) is 52.2 Å². The average Bonchev–Trinajstić information content (AvgIpc) is 3.25. The first-order valence-electron chi connectivity index (χ1n) is 10.9. The summed E-state index contributed by atoms with van der Waals surface area (Å²) in [5.74, 6) is 0.221. The van der Waals surface area contributed by atoms with Crippen LogP contribution >= 0.6 is 11.6 Å². The molecule has 2 aliphatic rings. The standard InChI is InChI=1S/C22H29ClN6O2/c1-2-3-10-31-21-25-18-14-29(22(30)26-19(18)20(24)27-21)12-15-6-7-16(17(23)11-15)13-28-8-4-5-9-28/h6-7,11H,2-5,8-10,12-14H2,1H3,(H,26,30)(H2,24,25,27). The number of anilines is 2. The predicted molar refractivity (Wildman–Crippen MR) is 121 cm³/mol. The van der Waals surface area contributed by atoms with Crippen molar-refractivity contribution in [3.8, 4) is 6.01 Å². The van der Waals surface area contributed by atoms with E-state index in [1.807, 2.05) is 12.1 Å². The minimum Gasteiger partial charge on any atom is -0.463 e. The van der Waals surface area contributed by atoms with Gasteiger partial charge in [0, 0.05) is 18.1 Å². The van der Waals surface area contributed by atoms with Crippen LogP contribution in [0.25, 0.3) is 0 Å². The van der Waals surface area contributed by atoms with Crippen LogP contribution in [0.2, 0.25) is 5.02 Å². The van der Waals surface area contributed by atoms with Crippen molar-refractivity contribution in [3.05, 3.63) is 40.0 Å². The molecule has 166 valence electrons. The number of carbonyl (C=O) groups excluding carboxylic acids is 1. The van der Waals surface area contributed by atoms with Crippen molar-refractivity contribution in [3.63, 3.8) is 0 Å². The highest BCUT2D eigenvalue weighted by Crippen LogP contribution is 2.30. The fourth-order valence-corrected chi connectivity index (χ4v) is 4.17. The number of urea groups is 1. The van der Waals surface area contributed by atoms with Crippen LogP contribution in [0.15, 0.2) is 18.2 Å². The average molecular weight is 445 g/mol. The van der Waals surface area contributed by atoms with Gasteiger partial charge < -0.3 is 20.7 Å². The van der Waals surface area contributed by atoms with E-state index in [0.717, 1.165) is 48.6 Å². The molecule has 2 aliphatic heterocycles. The van der Waals surface area contributed by atoms with Gasteiger partial charge in [-0.25, -0.2) is 4.79 Å². The lowest BCUT2D eigenvalue weighted by atomic mass is 10.1. The predicted octanol–water partition coefficient (Wildman–Crippen LogP) is 4.03. The number of halogens is 1.